The van der Waals surface area contributed by atoms with Crippen molar-refractivity contribution in [3.05, 3.63) is 0 Å². The molecule has 0 bridgehead atoms. The Labute approximate surface area is 73.4 Å². The Balaban J connectivity index is 1.90. The Morgan fingerprint density at radius 3 is 2.75 bits per heavy atom. The van der Waals surface area contributed by atoms with E-state index in [1.165, 1.54) is 12.8 Å². The smallest absolute Gasteiger partial charge is 0.163 e. The van der Waals surface area contributed by atoms with Crippen LogP contribution in [0.2, 0.25) is 0 Å². The summed E-state index contributed by atoms with van der Waals surface area (Å²) in [5, 5.41) is 3.43. The fourth-order valence-corrected chi connectivity index (χ4v) is 1.94. The average molecular weight is 171 g/mol. The zero-order valence-electron chi connectivity index (χ0n) is 7.80. The van der Waals surface area contributed by atoms with Gasteiger partial charge in [0.1, 0.15) is 0 Å². The van der Waals surface area contributed by atoms with Crippen molar-refractivity contribution in [2.75, 3.05) is 13.2 Å². The van der Waals surface area contributed by atoms with Gasteiger partial charge in [-0.2, -0.15) is 0 Å². The van der Waals surface area contributed by atoms with Gasteiger partial charge in [-0.25, -0.2) is 0 Å². The monoisotopic (exact) mass is 171 g/mol. The summed E-state index contributed by atoms with van der Waals surface area (Å²) >= 11 is 0. The van der Waals surface area contributed by atoms with E-state index in [1.807, 2.05) is 13.8 Å². The molecule has 2 unspecified atom stereocenters. The molecule has 2 fully saturated rings. The third kappa shape index (κ3) is 1.63. The molecule has 0 aliphatic carbocycles. The molecule has 2 aliphatic heterocycles. The minimum atomic E-state index is -0.366. The van der Waals surface area contributed by atoms with Crippen LogP contribution in [-0.4, -0.2) is 31.1 Å². The van der Waals surface area contributed by atoms with Gasteiger partial charge in [0.2, 0.25) is 0 Å². The van der Waals surface area contributed by atoms with Crippen LogP contribution in [0.15, 0.2) is 0 Å². The molecule has 3 nitrogen and oxygen atoms in total. The molecule has 2 atom stereocenters. The van der Waals surface area contributed by atoms with Crippen molar-refractivity contribution >= 4 is 0 Å². The van der Waals surface area contributed by atoms with Crippen LogP contribution in [0.5, 0.6) is 0 Å². The van der Waals surface area contributed by atoms with E-state index in [-0.39, 0.29) is 11.9 Å². The quantitative estimate of drug-likeness (QED) is 0.635. The molecule has 2 aliphatic rings. The second-order valence-corrected chi connectivity index (χ2v) is 4.07. The predicted octanol–water partition coefficient (Wildman–Crippen LogP) is 0.890. The Bertz CT molecular complexity index is 164. The Hall–Kier alpha value is -0.120. The van der Waals surface area contributed by atoms with E-state index in [9.17, 15) is 0 Å². The SMILES string of the molecule is CC1(C)OCC(C2CCCN2)O1. The van der Waals surface area contributed by atoms with Crippen molar-refractivity contribution < 1.29 is 9.47 Å². The van der Waals surface area contributed by atoms with Gasteiger partial charge in [-0.15, -0.1) is 0 Å². The zero-order chi connectivity index (χ0) is 8.60. The van der Waals surface area contributed by atoms with E-state index in [2.05, 4.69) is 5.32 Å². The van der Waals surface area contributed by atoms with Crippen molar-refractivity contribution in [2.24, 2.45) is 0 Å². The van der Waals surface area contributed by atoms with E-state index >= 15 is 0 Å². The van der Waals surface area contributed by atoms with Crippen molar-refractivity contribution in [3.63, 3.8) is 0 Å². The van der Waals surface area contributed by atoms with E-state index in [0.29, 0.717) is 6.04 Å². The second kappa shape index (κ2) is 2.98. The highest BCUT2D eigenvalue weighted by atomic mass is 16.7. The third-order valence-corrected chi connectivity index (χ3v) is 2.58. The minimum Gasteiger partial charge on any atom is -0.348 e. The van der Waals surface area contributed by atoms with Gasteiger partial charge in [-0.05, 0) is 33.2 Å². The normalized spacial score (nSPS) is 40.5. The maximum atomic E-state index is 5.75. The highest BCUT2D eigenvalue weighted by Gasteiger charge is 2.37. The van der Waals surface area contributed by atoms with Crippen LogP contribution in [0.1, 0.15) is 26.7 Å². The molecular formula is C9H17NO2. The zero-order valence-corrected chi connectivity index (χ0v) is 7.80. The maximum absolute atomic E-state index is 5.75. The standard InChI is InChI=1S/C9H17NO2/c1-9(2)11-6-8(12-9)7-4-3-5-10-7/h7-8,10H,3-6H2,1-2H3. The first-order chi connectivity index (χ1) is 5.67. The van der Waals surface area contributed by atoms with Crippen molar-refractivity contribution in [1.82, 2.24) is 5.32 Å². The molecular weight excluding hydrogens is 154 g/mol. The largest absolute Gasteiger partial charge is 0.348 e. The molecule has 1 N–H and O–H groups in total. The van der Waals surface area contributed by atoms with Gasteiger partial charge in [0.05, 0.1) is 12.7 Å². The van der Waals surface area contributed by atoms with Crippen LogP contribution in [0, 0.1) is 0 Å². The van der Waals surface area contributed by atoms with Crippen LogP contribution in [0.3, 0.4) is 0 Å². The fraction of sp³-hybridized carbons (Fsp3) is 1.00. The third-order valence-electron chi connectivity index (χ3n) is 2.58. The highest BCUT2D eigenvalue weighted by Crippen LogP contribution is 2.26. The number of rotatable bonds is 1. The van der Waals surface area contributed by atoms with Crippen LogP contribution in [0.4, 0.5) is 0 Å². The molecule has 0 amide bonds. The van der Waals surface area contributed by atoms with E-state index in [4.69, 9.17) is 9.47 Å². The summed E-state index contributed by atoms with van der Waals surface area (Å²) in [6.07, 6.45) is 2.76. The summed E-state index contributed by atoms with van der Waals surface area (Å²) in [7, 11) is 0. The van der Waals surface area contributed by atoms with Gasteiger partial charge in [-0.1, -0.05) is 0 Å². The first-order valence-corrected chi connectivity index (χ1v) is 4.72. The summed E-state index contributed by atoms with van der Waals surface area (Å²) in [6.45, 7) is 5.82. The first-order valence-electron chi connectivity index (χ1n) is 4.72. The molecule has 12 heavy (non-hydrogen) atoms. The minimum absolute atomic E-state index is 0.266. The molecule has 3 heteroatoms. The molecule has 0 spiro atoms. The molecule has 0 radical (unpaired) electrons. The van der Waals surface area contributed by atoms with Crippen molar-refractivity contribution in [3.8, 4) is 0 Å². The van der Waals surface area contributed by atoms with E-state index in [1.54, 1.807) is 0 Å². The van der Waals surface area contributed by atoms with Gasteiger partial charge in [0, 0.05) is 6.04 Å². The van der Waals surface area contributed by atoms with Crippen molar-refractivity contribution in [1.29, 1.82) is 0 Å². The van der Waals surface area contributed by atoms with Crippen LogP contribution in [0.25, 0.3) is 0 Å². The molecule has 2 saturated heterocycles. The molecule has 0 saturated carbocycles. The number of hydrogen-bond acceptors (Lipinski definition) is 3. The van der Waals surface area contributed by atoms with Gasteiger partial charge in [0.15, 0.2) is 5.79 Å². The highest BCUT2D eigenvalue weighted by molar-refractivity contribution is 4.86. The Morgan fingerprint density at radius 2 is 2.25 bits per heavy atom. The van der Waals surface area contributed by atoms with Gasteiger partial charge >= 0.3 is 0 Å². The topological polar surface area (TPSA) is 30.5 Å². The number of ether oxygens (including phenoxy) is 2. The average Bonchev–Trinajstić information content (AvgIpc) is 2.55. The maximum Gasteiger partial charge on any atom is 0.163 e. The molecule has 0 aromatic heterocycles. The lowest BCUT2D eigenvalue weighted by molar-refractivity contribution is -0.141. The van der Waals surface area contributed by atoms with E-state index < -0.39 is 0 Å². The number of nitrogens with one attached hydrogen (secondary N) is 1. The summed E-state index contributed by atoms with van der Waals surface area (Å²) in [5.74, 6) is -0.366. The predicted molar refractivity (Wildman–Crippen MR) is 45.9 cm³/mol. The van der Waals surface area contributed by atoms with Crippen molar-refractivity contribution in [2.45, 2.75) is 44.6 Å². The summed E-state index contributed by atoms with van der Waals surface area (Å²) < 4.78 is 11.3. The first kappa shape index (κ1) is 8.48. The van der Waals surface area contributed by atoms with E-state index in [0.717, 1.165) is 13.2 Å². The van der Waals surface area contributed by atoms with Crippen LogP contribution in [-0.2, 0) is 9.47 Å². The van der Waals surface area contributed by atoms with Crippen LogP contribution >= 0.6 is 0 Å². The lowest BCUT2D eigenvalue weighted by Crippen LogP contribution is -2.37. The number of hydrogen-bond donors (Lipinski definition) is 1. The molecule has 70 valence electrons. The molecule has 0 aromatic rings. The molecule has 2 heterocycles. The molecule has 0 aromatic carbocycles. The van der Waals surface area contributed by atoms with Gasteiger partial charge in [-0.3, -0.25) is 0 Å². The lowest BCUT2D eigenvalue weighted by atomic mass is 10.1. The Morgan fingerprint density at radius 1 is 1.42 bits per heavy atom. The molecule has 2 rings (SSSR count). The van der Waals surface area contributed by atoms with Gasteiger partial charge < -0.3 is 14.8 Å². The second-order valence-electron chi connectivity index (χ2n) is 4.07. The summed E-state index contributed by atoms with van der Waals surface area (Å²) in [4.78, 5) is 0. The summed E-state index contributed by atoms with van der Waals surface area (Å²) in [5.41, 5.74) is 0. The fourth-order valence-electron chi connectivity index (χ4n) is 1.94. The summed E-state index contributed by atoms with van der Waals surface area (Å²) in [6, 6.07) is 0.520. The Kier molecular flexibility index (Phi) is 2.10. The van der Waals surface area contributed by atoms with Crippen LogP contribution < -0.4 is 5.32 Å². The van der Waals surface area contributed by atoms with Gasteiger partial charge in [0.25, 0.3) is 0 Å². The lowest BCUT2D eigenvalue weighted by Gasteiger charge is -2.20.